The predicted molar refractivity (Wildman–Crippen MR) is 91.5 cm³/mol. The van der Waals surface area contributed by atoms with Crippen molar-refractivity contribution in [3.05, 3.63) is 72.3 Å². The summed E-state index contributed by atoms with van der Waals surface area (Å²) in [5.41, 5.74) is 3.93. The molecule has 21 heavy (non-hydrogen) atoms. The van der Waals surface area contributed by atoms with Crippen molar-refractivity contribution in [3.8, 4) is 11.1 Å². The molecular formula is C20H21N. The van der Waals surface area contributed by atoms with Gasteiger partial charge in [0.05, 0.1) is 0 Å². The van der Waals surface area contributed by atoms with E-state index in [2.05, 4.69) is 79.0 Å². The van der Waals surface area contributed by atoms with E-state index in [0.29, 0.717) is 6.04 Å². The fraction of sp³-hybridized carbons (Fsp3) is 0.200. The Morgan fingerprint density at radius 1 is 0.857 bits per heavy atom. The SMILES string of the molecule is CCC(NC)c1ccc(-c2cccc3ccccc23)cc1. The van der Waals surface area contributed by atoms with Crippen LogP contribution in [0.15, 0.2) is 66.7 Å². The summed E-state index contributed by atoms with van der Waals surface area (Å²) in [5, 5.41) is 5.96. The van der Waals surface area contributed by atoms with Gasteiger partial charge in [0.25, 0.3) is 0 Å². The molecule has 0 fully saturated rings. The minimum absolute atomic E-state index is 0.437. The first-order chi connectivity index (χ1) is 10.3. The smallest absolute Gasteiger partial charge is 0.0314 e. The molecule has 106 valence electrons. The summed E-state index contributed by atoms with van der Waals surface area (Å²) >= 11 is 0. The van der Waals surface area contributed by atoms with Gasteiger partial charge in [0.15, 0.2) is 0 Å². The van der Waals surface area contributed by atoms with Crippen LogP contribution in [0.3, 0.4) is 0 Å². The molecule has 3 aromatic rings. The van der Waals surface area contributed by atoms with E-state index in [4.69, 9.17) is 0 Å². The average Bonchev–Trinajstić information content (AvgIpc) is 2.56. The number of hydrogen-bond acceptors (Lipinski definition) is 1. The van der Waals surface area contributed by atoms with E-state index in [1.165, 1.54) is 27.5 Å². The molecule has 0 aliphatic rings. The molecule has 0 spiro atoms. The molecule has 1 unspecified atom stereocenters. The summed E-state index contributed by atoms with van der Waals surface area (Å²) in [6, 6.07) is 24.4. The Hall–Kier alpha value is -2.12. The molecule has 3 rings (SSSR count). The summed E-state index contributed by atoms with van der Waals surface area (Å²) < 4.78 is 0. The van der Waals surface area contributed by atoms with Crippen LogP contribution in [0.5, 0.6) is 0 Å². The fourth-order valence-corrected chi connectivity index (χ4v) is 2.98. The highest BCUT2D eigenvalue weighted by atomic mass is 14.9. The zero-order valence-electron chi connectivity index (χ0n) is 12.6. The number of nitrogens with one attached hydrogen (secondary N) is 1. The molecule has 0 bridgehead atoms. The zero-order valence-corrected chi connectivity index (χ0v) is 12.6. The van der Waals surface area contributed by atoms with Gasteiger partial charge in [-0.25, -0.2) is 0 Å². The Morgan fingerprint density at radius 2 is 1.57 bits per heavy atom. The predicted octanol–water partition coefficient (Wildman–Crippen LogP) is 5.18. The molecule has 0 saturated carbocycles. The highest BCUT2D eigenvalue weighted by molar-refractivity contribution is 5.96. The summed E-state index contributed by atoms with van der Waals surface area (Å²) in [4.78, 5) is 0. The second kappa shape index (κ2) is 6.11. The van der Waals surface area contributed by atoms with Crippen LogP contribution >= 0.6 is 0 Å². The van der Waals surface area contributed by atoms with Gasteiger partial charge in [-0.3, -0.25) is 0 Å². The van der Waals surface area contributed by atoms with Crippen molar-refractivity contribution in [2.75, 3.05) is 7.05 Å². The van der Waals surface area contributed by atoms with Crippen LogP contribution in [0, 0.1) is 0 Å². The van der Waals surface area contributed by atoms with Crippen LogP contribution in [-0.4, -0.2) is 7.05 Å². The third kappa shape index (κ3) is 2.70. The van der Waals surface area contributed by atoms with Gasteiger partial charge in [-0.2, -0.15) is 0 Å². The monoisotopic (exact) mass is 275 g/mol. The van der Waals surface area contributed by atoms with Gasteiger partial charge in [-0.1, -0.05) is 73.7 Å². The molecule has 0 saturated heterocycles. The lowest BCUT2D eigenvalue weighted by molar-refractivity contribution is 0.577. The molecule has 0 heterocycles. The van der Waals surface area contributed by atoms with Gasteiger partial charge >= 0.3 is 0 Å². The Bertz CT molecular complexity index is 719. The van der Waals surface area contributed by atoms with Gasteiger partial charge in [-0.15, -0.1) is 0 Å². The third-order valence-corrected chi connectivity index (χ3v) is 4.17. The Morgan fingerprint density at radius 3 is 2.29 bits per heavy atom. The summed E-state index contributed by atoms with van der Waals surface area (Å²) in [5.74, 6) is 0. The molecule has 0 amide bonds. The molecule has 0 aromatic heterocycles. The molecule has 0 aliphatic carbocycles. The van der Waals surface area contributed by atoms with Gasteiger partial charge in [0.2, 0.25) is 0 Å². The van der Waals surface area contributed by atoms with Crippen LogP contribution in [0.4, 0.5) is 0 Å². The number of hydrogen-bond donors (Lipinski definition) is 1. The third-order valence-electron chi connectivity index (χ3n) is 4.17. The number of benzene rings is 3. The van der Waals surface area contributed by atoms with Crippen molar-refractivity contribution < 1.29 is 0 Å². The highest BCUT2D eigenvalue weighted by Crippen LogP contribution is 2.29. The molecule has 1 heteroatoms. The van der Waals surface area contributed by atoms with E-state index in [0.717, 1.165) is 6.42 Å². The largest absolute Gasteiger partial charge is 0.313 e. The molecule has 1 nitrogen and oxygen atoms in total. The first-order valence-corrected chi connectivity index (χ1v) is 7.59. The van der Waals surface area contributed by atoms with Gasteiger partial charge < -0.3 is 5.32 Å². The number of rotatable bonds is 4. The minimum atomic E-state index is 0.437. The van der Waals surface area contributed by atoms with E-state index in [1.54, 1.807) is 0 Å². The van der Waals surface area contributed by atoms with Crippen LogP contribution < -0.4 is 5.32 Å². The van der Waals surface area contributed by atoms with Crippen molar-refractivity contribution in [2.24, 2.45) is 0 Å². The summed E-state index contributed by atoms with van der Waals surface area (Å²) in [6.45, 7) is 2.21. The van der Waals surface area contributed by atoms with E-state index in [-0.39, 0.29) is 0 Å². The Balaban J connectivity index is 2.03. The van der Waals surface area contributed by atoms with E-state index < -0.39 is 0 Å². The van der Waals surface area contributed by atoms with E-state index in [9.17, 15) is 0 Å². The van der Waals surface area contributed by atoms with Crippen molar-refractivity contribution in [2.45, 2.75) is 19.4 Å². The van der Waals surface area contributed by atoms with Crippen LogP contribution in [0.2, 0.25) is 0 Å². The van der Waals surface area contributed by atoms with Crippen molar-refractivity contribution in [3.63, 3.8) is 0 Å². The van der Waals surface area contributed by atoms with Gasteiger partial charge in [0, 0.05) is 6.04 Å². The van der Waals surface area contributed by atoms with E-state index in [1.807, 2.05) is 7.05 Å². The lowest BCUT2D eigenvalue weighted by Crippen LogP contribution is -2.14. The molecule has 3 aromatic carbocycles. The van der Waals surface area contributed by atoms with Crippen LogP contribution in [0.1, 0.15) is 24.9 Å². The lowest BCUT2D eigenvalue weighted by atomic mass is 9.96. The van der Waals surface area contributed by atoms with E-state index >= 15 is 0 Å². The second-order valence-corrected chi connectivity index (χ2v) is 5.40. The second-order valence-electron chi connectivity index (χ2n) is 5.40. The maximum atomic E-state index is 3.36. The Labute approximate surface area is 126 Å². The molecular weight excluding hydrogens is 254 g/mol. The van der Waals surface area contributed by atoms with Gasteiger partial charge in [-0.05, 0) is 40.9 Å². The normalized spacial score (nSPS) is 12.5. The Kier molecular flexibility index (Phi) is 4.03. The molecule has 1 N–H and O–H groups in total. The van der Waals surface area contributed by atoms with Crippen molar-refractivity contribution in [1.82, 2.24) is 5.32 Å². The molecule has 1 atom stereocenters. The maximum Gasteiger partial charge on any atom is 0.0314 e. The fourth-order valence-electron chi connectivity index (χ4n) is 2.98. The zero-order chi connectivity index (χ0) is 14.7. The minimum Gasteiger partial charge on any atom is -0.313 e. The van der Waals surface area contributed by atoms with Crippen LogP contribution in [0.25, 0.3) is 21.9 Å². The summed E-state index contributed by atoms with van der Waals surface area (Å²) in [6.07, 6.45) is 1.10. The topological polar surface area (TPSA) is 12.0 Å². The first kappa shape index (κ1) is 13.8. The number of fused-ring (bicyclic) bond motifs is 1. The summed E-state index contributed by atoms with van der Waals surface area (Å²) in [7, 11) is 2.02. The first-order valence-electron chi connectivity index (χ1n) is 7.59. The highest BCUT2D eigenvalue weighted by Gasteiger charge is 2.07. The standard InChI is InChI=1S/C20H21N/c1-3-20(21-2)17-13-11-16(12-14-17)19-10-6-8-15-7-4-5-9-18(15)19/h4-14,20-21H,3H2,1-2H3. The molecule has 0 aliphatic heterocycles. The quantitative estimate of drug-likeness (QED) is 0.692. The van der Waals surface area contributed by atoms with Crippen molar-refractivity contribution in [1.29, 1.82) is 0 Å². The molecule has 0 radical (unpaired) electrons. The lowest BCUT2D eigenvalue weighted by Gasteiger charge is -2.15. The maximum absolute atomic E-state index is 3.36. The average molecular weight is 275 g/mol. The van der Waals surface area contributed by atoms with Crippen LogP contribution in [-0.2, 0) is 0 Å². The van der Waals surface area contributed by atoms with Crippen molar-refractivity contribution >= 4 is 10.8 Å². The van der Waals surface area contributed by atoms with Gasteiger partial charge in [0.1, 0.15) is 0 Å².